The van der Waals surface area contributed by atoms with E-state index in [-0.39, 0.29) is 16.9 Å². The Kier molecular flexibility index (Phi) is 5.65. The Morgan fingerprint density at radius 2 is 1.95 bits per heavy atom. The number of nitrogens with one attached hydrogen (secondary N) is 1. The highest BCUT2D eigenvalue weighted by molar-refractivity contribution is 9.10. The molecule has 0 aliphatic heterocycles. The summed E-state index contributed by atoms with van der Waals surface area (Å²) >= 11 is 3.14. The minimum atomic E-state index is -0.787. The average Bonchev–Trinajstić information content (AvgIpc) is 2.45. The maximum Gasteiger partial charge on any atom is 0.339 e. The number of carbonyl (C=O) groups excluding carboxylic acids is 2. The molecule has 9 heteroatoms. The van der Waals surface area contributed by atoms with E-state index < -0.39 is 22.9 Å². The van der Waals surface area contributed by atoms with Crippen LogP contribution in [0.5, 0.6) is 0 Å². The number of benzene rings is 1. The summed E-state index contributed by atoms with van der Waals surface area (Å²) in [4.78, 5) is 33.3. The molecule has 0 bridgehead atoms. The number of nitrogens with zero attached hydrogens (tertiary/aromatic N) is 1. The van der Waals surface area contributed by atoms with Crippen molar-refractivity contribution in [3.8, 4) is 0 Å². The van der Waals surface area contributed by atoms with Crippen LogP contribution < -0.4 is 5.32 Å². The first-order valence-electron chi connectivity index (χ1n) is 5.72. The lowest BCUT2D eigenvalue weighted by Gasteiger charge is -2.14. The topological polar surface area (TPSA) is 108 Å². The van der Waals surface area contributed by atoms with Crippen LogP contribution >= 0.6 is 15.9 Å². The van der Waals surface area contributed by atoms with Crippen LogP contribution in [0, 0.1) is 10.1 Å². The molecule has 1 rings (SSSR count). The molecule has 1 N–H and O–H groups in total. The fraction of sp³-hybridized carbons (Fsp3) is 0.333. The Morgan fingerprint density at radius 1 is 1.33 bits per heavy atom. The number of carbonyl (C=O) groups is 2. The van der Waals surface area contributed by atoms with E-state index in [9.17, 15) is 19.7 Å². The van der Waals surface area contributed by atoms with Gasteiger partial charge in [-0.15, -0.1) is 0 Å². The molecule has 0 saturated carbocycles. The molecule has 1 aromatic carbocycles. The Balaban J connectivity index is 3.26. The van der Waals surface area contributed by atoms with Crippen LogP contribution in [0.3, 0.4) is 0 Å². The standard InChI is InChI=1S/C12H13BrN2O6/c1-6(11(16)20-2)14-9-5-8(13)7(12(17)21-3)4-10(9)15(18)19/h4-6,14H,1-3H3. The summed E-state index contributed by atoms with van der Waals surface area (Å²) in [6, 6.07) is 1.62. The number of hydrogen-bond donors (Lipinski definition) is 1. The first-order valence-corrected chi connectivity index (χ1v) is 6.51. The van der Waals surface area contributed by atoms with Crippen molar-refractivity contribution in [1.29, 1.82) is 0 Å². The van der Waals surface area contributed by atoms with E-state index >= 15 is 0 Å². The van der Waals surface area contributed by atoms with Crippen molar-refractivity contribution in [3.63, 3.8) is 0 Å². The van der Waals surface area contributed by atoms with Gasteiger partial charge in [-0.1, -0.05) is 0 Å². The number of nitro benzene ring substituents is 1. The van der Waals surface area contributed by atoms with Gasteiger partial charge >= 0.3 is 11.9 Å². The number of halogens is 1. The van der Waals surface area contributed by atoms with E-state index in [1.807, 2.05) is 0 Å². The SMILES string of the molecule is COC(=O)c1cc([N+](=O)[O-])c(NC(C)C(=O)OC)cc1Br. The Bertz CT molecular complexity index is 589. The number of ether oxygens (including phenoxy) is 2. The lowest BCUT2D eigenvalue weighted by atomic mass is 10.1. The van der Waals surface area contributed by atoms with Crippen molar-refractivity contribution in [2.75, 3.05) is 19.5 Å². The van der Waals surface area contributed by atoms with E-state index in [0.29, 0.717) is 4.47 Å². The quantitative estimate of drug-likeness (QED) is 0.486. The lowest BCUT2D eigenvalue weighted by molar-refractivity contribution is -0.384. The third-order valence-corrected chi connectivity index (χ3v) is 3.27. The van der Waals surface area contributed by atoms with Crippen LogP contribution in [0.2, 0.25) is 0 Å². The summed E-state index contributed by atoms with van der Waals surface area (Å²) in [6.07, 6.45) is 0. The number of methoxy groups -OCH3 is 2. The second-order valence-electron chi connectivity index (χ2n) is 3.99. The molecule has 0 spiro atoms. The number of anilines is 1. The molecule has 114 valence electrons. The molecular formula is C12H13BrN2O6. The molecule has 1 atom stereocenters. The Hall–Kier alpha value is -2.16. The third kappa shape index (κ3) is 3.91. The molecule has 21 heavy (non-hydrogen) atoms. The largest absolute Gasteiger partial charge is 0.467 e. The fourth-order valence-electron chi connectivity index (χ4n) is 1.56. The van der Waals surface area contributed by atoms with Gasteiger partial charge in [0.1, 0.15) is 11.7 Å². The summed E-state index contributed by atoms with van der Waals surface area (Å²) < 4.78 is 9.38. The molecule has 0 aliphatic carbocycles. The monoisotopic (exact) mass is 360 g/mol. The van der Waals surface area contributed by atoms with Crippen molar-refractivity contribution in [2.24, 2.45) is 0 Å². The van der Waals surface area contributed by atoms with E-state index in [0.717, 1.165) is 6.07 Å². The first kappa shape index (κ1) is 16.9. The van der Waals surface area contributed by atoms with Gasteiger partial charge in [0.2, 0.25) is 0 Å². The highest BCUT2D eigenvalue weighted by Gasteiger charge is 2.24. The van der Waals surface area contributed by atoms with E-state index in [1.54, 1.807) is 0 Å². The molecule has 1 aromatic rings. The fourth-order valence-corrected chi connectivity index (χ4v) is 2.07. The summed E-state index contributed by atoms with van der Waals surface area (Å²) in [6.45, 7) is 1.50. The molecule has 1 unspecified atom stereocenters. The van der Waals surface area contributed by atoms with Gasteiger partial charge in [-0.05, 0) is 28.9 Å². The molecule has 0 radical (unpaired) electrons. The van der Waals surface area contributed by atoms with Gasteiger partial charge in [-0.3, -0.25) is 10.1 Å². The summed E-state index contributed by atoms with van der Waals surface area (Å²) in [5, 5.41) is 13.8. The van der Waals surface area contributed by atoms with E-state index in [4.69, 9.17) is 0 Å². The Labute approximate surface area is 128 Å². The smallest absolute Gasteiger partial charge is 0.339 e. The minimum Gasteiger partial charge on any atom is -0.467 e. The molecule has 8 nitrogen and oxygen atoms in total. The zero-order chi connectivity index (χ0) is 16.2. The second-order valence-corrected chi connectivity index (χ2v) is 4.84. The zero-order valence-corrected chi connectivity index (χ0v) is 13.1. The van der Waals surface area contributed by atoms with Gasteiger partial charge in [0.05, 0.1) is 24.7 Å². The van der Waals surface area contributed by atoms with Gasteiger partial charge in [-0.2, -0.15) is 0 Å². The van der Waals surface area contributed by atoms with E-state index in [1.165, 1.54) is 27.2 Å². The molecular weight excluding hydrogens is 348 g/mol. The highest BCUT2D eigenvalue weighted by atomic mass is 79.9. The molecule has 0 fully saturated rings. The molecule has 0 heterocycles. The average molecular weight is 361 g/mol. The third-order valence-electron chi connectivity index (χ3n) is 2.61. The Morgan fingerprint density at radius 3 is 2.43 bits per heavy atom. The van der Waals surface area contributed by atoms with Crippen LogP contribution in [-0.4, -0.2) is 37.1 Å². The normalized spacial score (nSPS) is 11.4. The molecule has 0 amide bonds. The highest BCUT2D eigenvalue weighted by Crippen LogP contribution is 2.32. The number of rotatable bonds is 5. The van der Waals surface area contributed by atoms with Crippen molar-refractivity contribution in [1.82, 2.24) is 0 Å². The predicted molar refractivity (Wildman–Crippen MR) is 77.2 cm³/mol. The lowest BCUT2D eigenvalue weighted by Crippen LogP contribution is -2.27. The maximum absolute atomic E-state index is 11.5. The zero-order valence-electron chi connectivity index (χ0n) is 11.5. The summed E-state index contributed by atoms with van der Waals surface area (Å²) in [5.74, 6) is -1.28. The van der Waals surface area contributed by atoms with Crippen molar-refractivity contribution < 1.29 is 24.0 Å². The minimum absolute atomic E-state index is 0.0143. The van der Waals surface area contributed by atoms with Crippen LogP contribution in [0.4, 0.5) is 11.4 Å². The first-order chi connectivity index (χ1) is 9.81. The van der Waals surface area contributed by atoms with Crippen LogP contribution in [0.1, 0.15) is 17.3 Å². The van der Waals surface area contributed by atoms with Gasteiger partial charge in [0.15, 0.2) is 0 Å². The van der Waals surface area contributed by atoms with Crippen molar-refractivity contribution >= 4 is 39.2 Å². The van der Waals surface area contributed by atoms with Gasteiger partial charge < -0.3 is 14.8 Å². The van der Waals surface area contributed by atoms with Gasteiger partial charge in [0, 0.05) is 10.5 Å². The summed E-state index contributed by atoms with van der Waals surface area (Å²) in [5.41, 5.74) is -0.257. The second kappa shape index (κ2) is 7.02. The molecule has 0 aromatic heterocycles. The van der Waals surface area contributed by atoms with Crippen molar-refractivity contribution in [2.45, 2.75) is 13.0 Å². The van der Waals surface area contributed by atoms with Crippen LogP contribution in [-0.2, 0) is 14.3 Å². The van der Waals surface area contributed by atoms with Crippen LogP contribution in [0.25, 0.3) is 0 Å². The van der Waals surface area contributed by atoms with Gasteiger partial charge in [0.25, 0.3) is 5.69 Å². The van der Waals surface area contributed by atoms with Crippen LogP contribution in [0.15, 0.2) is 16.6 Å². The number of esters is 2. The molecule has 0 aliphatic rings. The summed E-state index contributed by atoms with van der Waals surface area (Å²) in [7, 11) is 2.39. The van der Waals surface area contributed by atoms with E-state index in [2.05, 4.69) is 30.7 Å². The number of hydrogen-bond acceptors (Lipinski definition) is 7. The molecule has 0 saturated heterocycles. The predicted octanol–water partition coefficient (Wildman–Crippen LogP) is 2.12. The maximum atomic E-state index is 11.5. The van der Waals surface area contributed by atoms with Crippen molar-refractivity contribution in [3.05, 3.63) is 32.3 Å². The van der Waals surface area contributed by atoms with Gasteiger partial charge in [-0.25, -0.2) is 9.59 Å². The number of nitro groups is 1.